The average molecular weight is 396 g/mol. The molecular formula is C25H37N3O. The van der Waals surface area contributed by atoms with E-state index in [0.29, 0.717) is 18.0 Å². The third-order valence-electron chi connectivity index (χ3n) is 7.21. The molecule has 0 aliphatic carbocycles. The summed E-state index contributed by atoms with van der Waals surface area (Å²) in [5.74, 6) is 0.580. The molecule has 1 aromatic carbocycles. The van der Waals surface area contributed by atoms with E-state index in [0.717, 1.165) is 32.5 Å². The Morgan fingerprint density at radius 1 is 1.00 bits per heavy atom. The van der Waals surface area contributed by atoms with Crippen LogP contribution < -0.4 is 0 Å². The van der Waals surface area contributed by atoms with Gasteiger partial charge in [-0.1, -0.05) is 36.4 Å². The number of nitrogens with zero attached hydrogens (tertiary/aromatic N) is 3. The van der Waals surface area contributed by atoms with E-state index >= 15 is 0 Å². The molecule has 3 aliphatic rings. The van der Waals surface area contributed by atoms with Gasteiger partial charge in [0.05, 0.1) is 5.92 Å². The topological polar surface area (TPSA) is 26.8 Å². The predicted molar refractivity (Wildman–Crippen MR) is 120 cm³/mol. The second-order valence-electron chi connectivity index (χ2n) is 9.32. The summed E-state index contributed by atoms with van der Waals surface area (Å²) in [5.41, 5.74) is 2.69. The number of benzene rings is 1. The number of rotatable bonds is 4. The van der Waals surface area contributed by atoms with Crippen molar-refractivity contribution in [3.8, 4) is 0 Å². The molecule has 1 aromatic rings. The van der Waals surface area contributed by atoms with Crippen molar-refractivity contribution >= 4 is 11.5 Å². The number of likely N-dealkylation sites (tertiary alicyclic amines) is 2. The third kappa shape index (κ3) is 4.92. The standard InChI is InChI=1S/C25H37N3O/c1-20(2)26-17-12-24(13-18-26)28-14-6-9-23(19-28)25(29)27-15-10-22(11-16-27)21-7-4-3-5-8-21/h3-5,7-8,10,20,23-24H,6,9,11-19H2,1-2H3. The first-order valence-electron chi connectivity index (χ1n) is 11.6. The highest BCUT2D eigenvalue weighted by Crippen LogP contribution is 2.28. The van der Waals surface area contributed by atoms with Gasteiger partial charge in [0.1, 0.15) is 0 Å². The molecule has 3 heterocycles. The number of piperidine rings is 2. The molecule has 29 heavy (non-hydrogen) atoms. The van der Waals surface area contributed by atoms with E-state index in [1.165, 1.54) is 50.0 Å². The van der Waals surface area contributed by atoms with Crippen molar-refractivity contribution in [1.82, 2.24) is 14.7 Å². The smallest absolute Gasteiger partial charge is 0.227 e. The summed E-state index contributed by atoms with van der Waals surface area (Å²) < 4.78 is 0. The van der Waals surface area contributed by atoms with E-state index in [9.17, 15) is 4.79 Å². The summed E-state index contributed by atoms with van der Waals surface area (Å²) in [7, 11) is 0. The van der Waals surface area contributed by atoms with Crippen molar-refractivity contribution in [2.75, 3.05) is 39.3 Å². The van der Waals surface area contributed by atoms with Crippen molar-refractivity contribution in [3.63, 3.8) is 0 Å². The molecule has 2 fully saturated rings. The summed E-state index contributed by atoms with van der Waals surface area (Å²) in [6.07, 6.45) is 7.97. The Morgan fingerprint density at radius 2 is 1.76 bits per heavy atom. The highest BCUT2D eigenvalue weighted by molar-refractivity contribution is 5.80. The van der Waals surface area contributed by atoms with Crippen molar-refractivity contribution < 1.29 is 4.79 Å². The normalized spacial score (nSPS) is 25.3. The van der Waals surface area contributed by atoms with E-state index in [-0.39, 0.29) is 5.92 Å². The number of hydrogen-bond donors (Lipinski definition) is 0. The van der Waals surface area contributed by atoms with Gasteiger partial charge in [0, 0.05) is 31.7 Å². The highest BCUT2D eigenvalue weighted by atomic mass is 16.2. The van der Waals surface area contributed by atoms with Gasteiger partial charge in [-0.3, -0.25) is 9.69 Å². The van der Waals surface area contributed by atoms with Gasteiger partial charge in [0.25, 0.3) is 0 Å². The number of carbonyl (C=O) groups is 1. The summed E-state index contributed by atoms with van der Waals surface area (Å²) in [5, 5.41) is 0. The molecule has 3 aliphatic heterocycles. The Hall–Kier alpha value is -1.65. The quantitative estimate of drug-likeness (QED) is 0.774. The van der Waals surface area contributed by atoms with E-state index in [1.54, 1.807) is 0 Å². The van der Waals surface area contributed by atoms with Gasteiger partial charge in [-0.05, 0) is 76.7 Å². The Morgan fingerprint density at radius 3 is 2.41 bits per heavy atom. The first-order chi connectivity index (χ1) is 14.1. The summed E-state index contributed by atoms with van der Waals surface area (Å²) in [4.78, 5) is 20.6. The Kier molecular flexibility index (Phi) is 6.71. The first-order valence-corrected chi connectivity index (χ1v) is 11.6. The van der Waals surface area contributed by atoms with Gasteiger partial charge in [-0.15, -0.1) is 0 Å². The van der Waals surface area contributed by atoms with Crippen LogP contribution in [0, 0.1) is 5.92 Å². The molecule has 4 nitrogen and oxygen atoms in total. The fraction of sp³-hybridized carbons (Fsp3) is 0.640. The average Bonchev–Trinajstić information content (AvgIpc) is 2.79. The largest absolute Gasteiger partial charge is 0.338 e. The van der Waals surface area contributed by atoms with Crippen LogP contribution in [0.4, 0.5) is 0 Å². The Labute approximate surface area is 176 Å². The summed E-state index contributed by atoms with van der Waals surface area (Å²) >= 11 is 0. The van der Waals surface area contributed by atoms with Crippen LogP contribution in [-0.2, 0) is 4.79 Å². The zero-order valence-corrected chi connectivity index (χ0v) is 18.2. The lowest BCUT2D eigenvalue weighted by Gasteiger charge is -2.43. The van der Waals surface area contributed by atoms with Crippen LogP contribution in [0.25, 0.3) is 5.57 Å². The zero-order valence-electron chi connectivity index (χ0n) is 18.2. The molecule has 0 aromatic heterocycles. The van der Waals surface area contributed by atoms with Gasteiger partial charge < -0.3 is 9.80 Å². The lowest BCUT2D eigenvalue weighted by molar-refractivity contribution is -0.137. The Balaban J connectivity index is 1.31. The monoisotopic (exact) mass is 395 g/mol. The number of amides is 1. The maximum atomic E-state index is 13.2. The number of carbonyl (C=O) groups excluding carboxylic acids is 1. The minimum atomic E-state index is 0.193. The van der Waals surface area contributed by atoms with Crippen LogP contribution in [-0.4, -0.2) is 72.0 Å². The second kappa shape index (κ2) is 9.44. The van der Waals surface area contributed by atoms with E-state index in [4.69, 9.17) is 0 Å². The van der Waals surface area contributed by atoms with Gasteiger partial charge in [0.2, 0.25) is 5.91 Å². The molecule has 1 amide bonds. The van der Waals surface area contributed by atoms with Crippen LogP contribution >= 0.6 is 0 Å². The van der Waals surface area contributed by atoms with Crippen molar-refractivity contribution in [3.05, 3.63) is 42.0 Å². The third-order valence-corrected chi connectivity index (χ3v) is 7.21. The lowest BCUT2D eigenvalue weighted by atomic mass is 9.91. The van der Waals surface area contributed by atoms with E-state index in [2.05, 4.69) is 65.0 Å². The molecule has 4 rings (SSSR count). The number of hydrogen-bond acceptors (Lipinski definition) is 3. The summed E-state index contributed by atoms with van der Waals surface area (Å²) in [6, 6.07) is 11.9. The highest BCUT2D eigenvalue weighted by Gasteiger charge is 2.34. The van der Waals surface area contributed by atoms with Gasteiger partial charge >= 0.3 is 0 Å². The van der Waals surface area contributed by atoms with E-state index < -0.39 is 0 Å². The second-order valence-corrected chi connectivity index (χ2v) is 9.32. The van der Waals surface area contributed by atoms with Crippen molar-refractivity contribution in [1.29, 1.82) is 0 Å². The molecule has 0 N–H and O–H groups in total. The van der Waals surface area contributed by atoms with Crippen LogP contribution in [0.5, 0.6) is 0 Å². The minimum absolute atomic E-state index is 0.193. The van der Waals surface area contributed by atoms with Crippen LogP contribution in [0.15, 0.2) is 36.4 Å². The molecule has 158 valence electrons. The van der Waals surface area contributed by atoms with Crippen LogP contribution in [0.1, 0.15) is 51.5 Å². The molecule has 1 unspecified atom stereocenters. The van der Waals surface area contributed by atoms with E-state index in [1.807, 2.05) is 0 Å². The maximum absolute atomic E-state index is 13.2. The lowest BCUT2D eigenvalue weighted by Crippen LogP contribution is -2.52. The van der Waals surface area contributed by atoms with Crippen molar-refractivity contribution in [2.24, 2.45) is 5.92 Å². The fourth-order valence-electron chi connectivity index (χ4n) is 5.35. The minimum Gasteiger partial charge on any atom is -0.338 e. The zero-order chi connectivity index (χ0) is 20.2. The Bertz CT molecular complexity index is 706. The van der Waals surface area contributed by atoms with Crippen LogP contribution in [0.3, 0.4) is 0 Å². The molecule has 0 bridgehead atoms. The SMILES string of the molecule is CC(C)N1CCC(N2CCCC(C(=O)N3CC=C(c4ccccc4)CC3)C2)CC1. The molecule has 0 saturated carbocycles. The first kappa shape index (κ1) is 20.6. The fourth-order valence-corrected chi connectivity index (χ4v) is 5.35. The molecular weight excluding hydrogens is 358 g/mol. The van der Waals surface area contributed by atoms with Crippen molar-refractivity contribution in [2.45, 2.75) is 58.0 Å². The molecule has 1 atom stereocenters. The van der Waals surface area contributed by atoms with Gasteiger partial charge in [0.15, 0.2) is 0 Å². The molecule has 0 spiro atoms. The molecule has 0 radical (unpaired) electrons. The maximum Gasteiger partial charge on any atom is 0.227 e. The van der Waals surface area contributed by atoms with Gasteiger partial charge in [-0.25, -0.2) is 0 Å². The van der Waals surface area contributed by atoms with Gasteiger partial charge in [-0.2, -0.15) is 0 Å². The summed E-state index contributed by atoms with van der Waals surface area (Å²) in [6.45, 7) is 10.8. The predicted octanol–water partition coefficient (Wildman–Crippen LogP) is 3.89. The molecule has 4 heteroatoms. The molecule has 2 saturated heterocycles. The van der Waals surface area contributed by atoms with Crippen LogP contribution in [0.2, 0.25) is 0 Å².